The van der Waals surface area contributed by atoms with Crippen molar-refractivity contribution in [1.82, 2.24) is 4.98 Å². The van der Waals surface area contributed by atoms with Gasteiger partial charge in [-0.2, -0.15) is 0 Å². The summed E-state index contributed by atoms with van der Waals surface area (Å²) >= 11 is 2.18. The molecule has 1 aromatic carbocycles. The van der Waals surface area contributed by atoms with Gasteiger partial charge in [0, 0.05) is 9.77 Å². The summed E-state index contributed by atoms with van der Waals surface area (Å²) in [7, 11) is 0. The van der Waals surface area contributed by atoms with E-state index in [1.165, 1.54) is 0 Å². The molecule has 0 spiro atoms. The predicted octanol–water partition coefficient (Wildman–Crippen LogP) is 3.65. The van der Waals surface area contributed by atoms with Crippen molar-refractivity contribution in [1.29, 1.82) is 0 Å². The zero-order valence-corrected chi connectivity index (χ0v) is 13.5. The SMILES string of the molecule is CCOc1ncccc1NC(=O)c1cccc(C)c1I. The van der Waals surface area contributed by atoms with Gasteiger partial charge in [-0.25, -0.2) is 4.98 Å². The maximum Gasteiger partial charge on any atom is 0.256 e. The molecule has 2 rings (SSSR count). The number of anilines is 1. The minimum absolute atomic E-state index is 0.160. The van der Waals surface area contributed by atoms with E-state index in [4.69, 9.17) is 4.74 Å². The second kappa shape index (κ2) is 6.69. The van der Waals surface area contributed by atoms with Crippen LogP contribution in [0, 0.1) is 10.5 Å². The second-order valence-corrected chi connectivity index (χ2v) is 5.26. The molecule has 20 heavy (non-hydrogen) atoms. The Kier molecular flexibility index (Phi) is 4.94. The number of pyridine rings is 1. The third-order valence-electron chi connectivity index (χ3n) is 2.74. The van der Waals surface area contributed by atoms with Crippen LogP contribution in [0.25, 0.3) is 0 Å². The normalized spacial score (nSPS) is 10.2. The lowest BCUT2D eigenvalue weighted by atomic mass is 10.1. The highest BCUT2D eigenvalue weighted by Gasteiger charge is 2.14. The molecule has 0 saturated carbocycles. The fraction of sp³-hybridized carbons (Fsp3) is 0.200. The second-order valence-electron chi connectivity index (χ2n) is 4.18. The molecule has 1 amide bonds. The molecular weight excluding hydrogens is 367 g/mol. The maximum atomic E-state index is 12.3. The summed E-state index contributed by atoms with van der Waals surface area (Å²) in [6, 6.07) is 9.20. The van der Waals surface area contributed by atoms with Gasteiger partial charge in [0.1, 0.15) is 5.69 Å². The van der Waals surface area contributed by atoms with Crippen LogP contribution in [0.5, 0.6) is 5.88 Å². The zero-order valence-electron chi connectivity index (χ0n) is 11.3. The van der Waals surface area contributed by atoms with E-state index in [0.29, 0.717) is 23.7 Å². The molecular formula is C15H15IN2O2. The van der Waals surface area contributed by atoms with Crippen LogP contribution in [-0.2, 0) is 0 Å². The average molecular weight is 382 g/mol. The molecule has 0 radical (unpaired) electrons. The average Bonchev–Trinajstić information content (AvgIpc) is 2.44. The molecule has 0 aliphatic rings. The third-order valence-corrected chi connectivity index (χ3v) is 4.17. The van der Waals surface area contributed by atoms with Crippen LogP contribution in [0.4, 0.5) is 5.69 Å². The number of ether oxygens (including phenoxy) is 1. The van der Waals surface area contributed by atoms with E-state index in [2.05, 4.69) is 32.9 Å². The molecule has 0 bridgehead atoms. The van der Waals surface area contributed by atoms with Gasteiger partial charge in [0.15, 0.2) is 0 Å². The van der Waals surface area contributed by atoms with Crippen LogP contribution >= 0.6 is 22.6 Å². The number of aromatic nitrogens is 1. The minimum Gasteiger partial charge on any atom is -0.476 e. The Balaban J connectivity index is 2.26. The highest BCUT2D eigenvalue weighted by Crippen LogP contribution is 2.23. The molecule has 104 valence electrons. The fourth-order valence-corrected chi connectivity index (χ4v) is 2.35. The van der Waals surface area contributed by atoms with E-state index in [9.17, 15) is 4.79 Å². The number of nitrogens with zero attached hydrogens (tertiary/aromatic N) is 1. The Morgan fingerprint density at radius 2 is 2.15 bits per heavy atom. The van der Waals surface area contributed by atoms with E-state index in [-0.39, 0.29) is 5.91 Å². The molecule has 4 nitrogen and oxygen atoms in total. The van der Waals surface area contributed by atoms with E-state index < -0.39 is 0 Å². The van der Waals surface area contributed by atoms with Crippen molar-refractivity contribution in [2.45, 2.75) is 13.8 Å². The maximum absolute atomic E-state index is 12.3. The number of rotatable bonds is 4. The van der Waals surface area contributed by atoms with Gasteiger partial charge in [0.25, 0.3) is 5.91 Å². The van der Waals surface area contributed by atoms with Crippen LogP contribution in [-0.4, -0.2) is 17.5 Å². The van der Waals surface area contributed by atoms with Crippen molar-refractivity contribution in [2.75, 3.05) is 11.9 Å². The molecule has 2 aromatic rings. The lowest BCUT2D eigenvalue weighted by Gasteiger charge is -2.11. The fourth-order valence-electron chi connectivity index (χ4n) is 1.75. The standard InChI is InChI=1S/C15H15IN2O2/c1-3-20-15-12(8-5-9-17-15)18-14(19)11-7-4-6-10(2)13(11)16/h4-9H,3H2,1-2H3,(H,18,19). The minimum atomic E-state index is -0.160. The number of aryl methyl sites for hydroxylation is 1. The van der Waals surface area contributed by atoms with Crippen LogP contribution < -0.4 is 10.1 Å². The molecule has 0 aliphatic heterocycles. The largest absolute Gasteiger partial charge is 0.476 e. The number of carbonyl (C=O) groups excluding carboxylic acids is 1. The number of nitrogens with one attached hydrogen (secondary N) is 1. The van der Waals surface area contributed by atoms with Gasteiger partial charge in [-0.05, 0) is 60.2 Å². The smallest absolute Gasteiger partial charge is 0.256 e. The quantitative estimate of drug-likeness (QED) is 0.822. The summed E-state index contributed by atoms with van der Waals surface area (Å²) in [6.07, 6.45) is 1.64. The molecule has 0 atom stereocenters. The number of amides is 1. The molecule has 1 aromatic heterocycles. The summed E-state index contributed by atoms with van der Waals surface area (Å²) in [6.45, 7) is 4.36. The topological polar surface area (TPSA) is 51.2 Å². The van der Waals surface area contributed by atoms with Crippen molar-refractivity contribution in [2.24, 2.45) is 0 Å². The van der Waals surface area contributed by atoms with Gasteiger partial charge in [0.05, 0.1) is 12.2 Å². The summed E-state index contributed by atoms with van der Waals surface area (Å²) < 4.78 is 6.35. The van der Waals surface area contributed by atoms with Crippen molar-refractivity contribution in [3.05, 3.63) is 51.2 Å². The van der Waals surface area contributed by atoms with E-state index in [1.807, 2.05) is 26.0 Å². The monoisotopic (exact) mass is 382 g/mol. The first-order valence-electron chi connectivity index (χ1n) is 6.27. The van der Waals surface area contributed by atoms with Gasteiger partial charge in [-0.3, -0.25) is 4.79 Å². The molecule has 1 N–H and O–H groups in total. The summed E-state index contributed by atoms with van der Waals surface area (Å²) in [5, 5.41) is 2.85. The number of carbonyl (C=O) groups is 1. The van der Waals surface area contributed by atoms with E-state index in [0.717, 1.165) is 9.13 Å². The van der Waals surface area contributed by atoms with Crippen LogP contribution in [0.15, 0.2) is 36.5 Å². The van der Waals surface area contributed by atoms with Crippen LogP contribution in [0.3, 0.4) is 0 Å². The van der Waals surface area contributed by atoms with Gasteiger partial charge < -0.3 is 10.1 Å². The number of benzene rings is 1. The van der Waals surface area contributed by atoms with E-state index >= 15 is 0 Å². The summed E-state index contributed by atoms with van der Waals surface area (Å²) in [5.74, 6) is 0.276. The Morgan fingerprint density at radius 3 is 2.90 bits per heavy atom. The molecule has 0 fully saturated rings. The van der Waals surface area contributed by atoms with Crippen molar-refractivity contribution in [3.8, 4) is 5.88 Å². The van der Waals surface area contributed by atoms with Crippen molar-refractivity contribution in [3.63, 3.8) is 0 Å². The molecule has 0 saturated heterocycles. The van der Waals surface area contributed by atoms with Crippen molar-refractivity contribution < 1.29 is 9.53 Å². The van der Waals surface area contributed by atoms with Crippen LogP contribution in [0.1, 0.15) is 22.8 Å². The Morgan fingerprint density at radius 1 is 1.35 bits per heavy atom. The summed E-state index contributed by atoms with van der Waals surface area (Å²) in [4.78, 5) is 16.5. The third kappa shape index (κ3) is 3.27. The summed E-state index contributed by atoms with van der Waals surface area (Å²) in [5.41, 5.74) is 2.31. The number of hydrogen-bond donors (Lipinski definition) is 1. The first-order chi connectivity index (χ1) is 9.63. The van der Waals surface area contributed by atoms with E-state index in [1.54, 1.807) is 24.4 Å². The highest BCUT2D eigenvalue weighted by atomic mass is 127. The van der Waals surface area contributed by atoms with Crippen molar-refractivity contribution >= 4 is 34.2 Å². The van der Waals surface area contributed by atoms with Gasteiger partial charge in [-0.15, -0.1) is 0 Å². The Hall–Kier alpha value is -1.63. The zero-order chi connectivity index (χ0) is 14.5. The molecule has 1 heterocycles. The first kappa shape index (κ1) is 14.8. The lowest BCUT2D eigenvalue weighted by molar-refractivity contribution is 0.102. The van der Waals surface area contributed by atoms with Gasteiger partial charge in [-0.1, -0.05) is 12.1 Å². The predicted molar refractivity (Wildman–Crippen MR) is 87.3 cm³/mol. The molecule has 0 unspecified atom stereocenters. The molecule has 0 aliphatic carbocycles. The van der Waals surface area contributed by atoms with Gasteiger partial charge in [0.2, 0.25) is 5.88 Å². The van der Waals surface area contributed by atoms with Crippen LogP contribution in [0.2, 0.25) is 0 Å². The highest BCUT2D eigenvalue weighted by molar-refractivity contribution is 14.1. The first-order valence-corrected chi connectivity index (χ1v) is 7.35. The molecule has 5 heteroatoms. The Bertz CT molecular complexity index is 629. The lowest BCUT2D eigenvalue weighted by Crippen LogP contribution is -2.15. The number of hydrogen-bond acceptors (Lipinski definition) is 3. The van der Waals surface area contributed by atoms with Gasteiger partial charge >= 0.3 is 0 Å². The number of halogens is 1. The Labute approximate surface area is 131 Å².